The van der Waals surface area contributed by atoms with Crippen LogP contribution in [0.25, 0.3) is 11.3 Å². The number of carbonyl (C=O) groups is 5. The SMILES string of the molecule is CC(C)C[C@H](NC(=O)C(NC(=O)c1cccc(-c2ccccc2)n1)[C@@H](C)O)B(OCC(=O)O)OC(=O)CCC(=O)N(C)C. The molecule has 13 nitrogen and oxygen atoms in total. The molecule has 0 saturated heterocycles. The van der Waals surface area contributed by atoms with E-state index in [4.69, 9.17) is 14.4 Å². The number of benzene rings is 1. The molecule has 1 unspecified atom stereocenters. The van der Waals surface area contributed by atoms with Gasteiger partial charge in [-0.2, -0.15) is 0 Å². The van der Waals surface area contributed by atoms with E-state index in [1.54, 1.807) is 12.1 Å². The van der Waals surface area contributed by atoms with Crippen LogP contribution in [0.3, 0.4) is 0 Å². The van der Waals surface area contributed by atoms with Crippen molar-refractivity contribution in [2.24, 2.45) is 5.92 Å². The Bertz CT molecular complexity index is 1260. The van der Waals surface area contributed by atoms with Crippen LogP contribution in [0.5, 0.6) is 0 Å². The molecule has 0 aliphatic rings. The fourth-order valence-corrected chi connectivity index (χ4v) is 3.98. The van der Waals surface area contributed by atoms with Gasteiger partial charge in [0.1, 0.15) is 18.3 Å². The van der Waals surface area contributed by atoms with Crippen LogP contribution in [0.2, 0.25) is 0 Å². The van der Waals surface area contributed by atoms with Crippen molar-refractivity contribution in [3.63, 3.8) is 0 Å². The Morgan fingerprint density at radius 3 is 2.21 bits per heavy atom. The number of aliphatic hydroxyl groups excluding tert-OH is 1. The lowest BCUT2D eigenvalue weighted by molar-refractivity contribution is -0.143. The molecule has 0 spiro atoms. The predicted octanol–water partition coefficient (Wildman–Crippen LogP) is 1.30. The number of aliphatic carboxylic acids is 1. The third-order valence-electron chi connectivity index (χ3n) is 6.14. The molecule has 1 heterocycles. The molecule has 0 fully saturated rings. The molecule has 0 radical (unpaired) electrons. The summed E-state index contributed by atoms with van der Waals surface area (Å²) in [6.45, 7) is 4.13. The second-order valence-electron chi connectivity index (χ2n) is 10.6. The van der Waals surface area contributed by atoms with Crippen LogP contribution >= 0.6 is 0 Å². The van der Waals surface area contributed by atoms with Crippen LogP contribution in [0, 0.1) is 5.92 Å². The Hall–Kier alpha value is -4.30. The first kappa shape index (κ1) is 34.9. The standard InChI is InChI=1S/C29H39BN4O9/c1-18(2)16-23(30(42-17-25(37)38)43-26(39)15-14-24(36)34(4)5)32-29(41)27(19(3)35)33-28(40)22-13-9-12-21(31-22)20-10-7-6-8-11-20/h6-13,18-19,23,27,35H,14-17H2,1-5H3,(H,32,41)(H,33,40)(H,37,38)/t19-,23+,27?/m1/s1. The maximum atomic E-state index is 13.4. The predicted molar refractivity (Wildman–Crippen MR) is 157 cm³/mol. The van der Waals surface area contributed by atoms with Gasteiger partial charge >= 0.3 is 13.1 Å². The van der Waals surface area contributed by atoms with Gasteiger partial charge in [-0.3, -0.25) is 19.2 Å². The van der Waals surface area contributed by atoms with Gasteiger partial charge in [-0.25, -0.2) is 9.78 Å². The molecule has 1 aromatic carbocycles. The zero-order valence-electron chi connectivity index (χ0n) is 25.0. The number of pyridine rings is 1. The van der Waals surface area contributed by atoms with Crippen LogP contribution in [-0.4, -0.2) is 95.7 Å². The van der Waals surface area contributed by atoms with E-state index in [0.29, 0.717) is 5.69 Å². The number of rotatable bonds is 16. The average molecular weight is 598 g/mol. The first-order chi connectivity index (χ1) is 20.3. The van der Waals surface area contributed by atoms with Crippen molar-refractivity contribution in [1.82, 2.24) is 20.5 Å². The molecular formula is C29H39BN4O9. The van der Waals surface area contributed by atoms with E-state index in [2.05, 4.69) is 15.6 Å². The fraction of sp³-hybridized carbons (Fsp3) is 0.448. The number of carboxylic acid groups (broad SMARTS) is 1. The van der Waals surface area contributed by atoms with E-state index in [0.717, 1.165) is 5.56 Å². The number of aliphatic hydroxyl groups is 1. The molecule has 2 rings (SSSR count). The van der Waals surface area contributed by atoms with Crippen LogP contribution in [0.1, 0.15) is 50.5 Å². The minimum Gasteiger partial charge on any atom is -0.508 e. The lowest BCUT2D eigenvalue weighted by atomic mass is 9.73. The summed E-state index contributed by atoms with van der Waals surface area (Å²) in [5.74, 6) is -5.16. The number of hydrogen-bond donors (Lipinski definition) is 4. The van der Waals surface area contributed by atoms with Gasteiger partial charge < -0.3 is 35.1 Å². The van der Waals surface area contributed by atoms with Crippen molar-refractivity contribution in [3.05, 3.63) is 54.2 Å². The highest BCUT2D eigenvalue weighted by Gasteiger charge is 2.39. The molecule has 0 saturated carbocycles. The zero-order valence-corrected chi connectivity index (χ0v) is 25.0. The number of carboxylic acids is 1. The van der Waals surface area contributed by atoms with Gasteiger partial charge in [0.2, 0.25) is 11.8 Å². The Kier molecular flexibility index (Phi) is 13.8. The summed E-state index contributed by atoms with van der Waals surface area (Å²) in [7, 11) is 1.54. The topological polar surface area (TPSA) is 184 Å². The summed E-state index contributed by atoms with van der Waals surface area (Å²) in [5, 5.41) is 24.7. The highest BCUT2D eigenvalue weighted by Crippen LogP contribution is 2.17. The first-order valence-electron chi connectivity index (χ1n) is 13.8. The number of carbonyl (C=O) groups excluding carboxylic acids is 4. The van der Waals surface area contributed by atoms with E-state index in [-0.39, 0.29) is 36.8 Å². The van der Waals surface area contributed by atoms with Gasteiger partial charge in [0, 0.05) is 26.1 Å². The first-order valence-corrected chi connectivity index (χ1v) is 13.8. The molecule has 43 heavy (non-hydrogen) atoms. The molecule has 3 atom stereocenters. The van der Waals surface area contributed by atoms with Crippen molar-refractivity contribution >= 4 is 36.8 Å². The zero-order chi connectivity index (χ0) is 32.1. The summed E-state index contributed by atoms with van der Waals surface area (Å²) < 4.78 is 10.7. The summed E-state index contributed by atoms with van der Waals surface area (Å²) in [5.41, 5.74) is 1.34. The van der Waals surface area contributed by atoms with Crippen molar-refractivity contribution in [1.29, 1.82) is 0 Å². The maximum absolute atomic E-state index is 13.4. The Morgan fingerprint density at radius 1 is 0.953 bits per heavy atom. The van der Waals surface area contributed by atoms with Crippen LogP contribution < -0.4 is 10.6 Å². The number of aromatic nitrogens is 1. The molecule has 14 heteroatoms. The molecule has 0 aliphatic heterocycles. The quantitative estimate of drug-likeness (QED) is 0.205. The lowest BCUT2D eigenvalue weighted by Crippen LogP contribution is -2.58. The highest BCUT2D eigenvalue weighted by atomic mass is 16.6. The number of nitrogens with zero attached hydrogens (tertiary/aromatic N) is 2. The molecule has 232 valence electrons. The Balaban J connectivity index is 2.23. The molecule has 0 aliphatic carbocycles. The summed E-state index contributed by atoms with van der Waals surface area (Å²) in [6.07, 6.45) is -1.61. The average Bonchev–Trinajstić information content (AvgIpc) is 2.96. The second kappa shape index (κ2) is 17.0. The molecular weight excluding hydrogens is 559 g/mol. The minimum absolute atomic E-state index is 0.0161. The van der Waals surface area contributed by atoms with E-state index in [9.17, 15) is 29.1 Å². The molecule has 4 N–H and O–H groups in total. The highest BCUT2D eigenvalue weighted by molar-refractivity contribution is 6.49. The number of nitrogens with one attached hydrogen (secondary N) is 2. The van der Waals surface area contributed by atoms with E-state index < -0.39 is 55.6 Å². The van der Waals surface area contributed by atoms with Crippen LogP contribution in [0.15, 0.2) is 48.5 Å². The molecule has 1 aromatic heterocycles. The summed E-state index contributed by atoms with van der Waals surface area (Å²) in [4.78, 5) is 67.8. The van der Waals surface area contributed by atoms with Gasteiger partial charge in [0.05, 0.1) is 24.2 Å². The van der Waals surface area contributed by atoms with Crippen molar-refractivity contribution in [3.8, 4) is 11.3 Å². The lowest BCUT2D eigenvalue weighted by Gasteiger charge is -2.28. The number of amides is 3. The van der Waals surface area contributed by atoms with E-state index in [1.165, 1.54) is 32.0 Å². The summed E-state index contributed by atoms with van der Waals surface area (Å²) in [6, 6.07) is 12.6. The second-order valence-corrected chi connectivity index (χ2v) is 10.6. The maximum Gasteiger partial charge on any atom is 0.551 e. The van der Waals surface area contributed by atoms with Crippen molar-refractivity contribution in [2.45, 2.75) is 58.1 Å². The Labute approximate surface area is 251 Å². The third-order valence-corrected chi connectivity index (χ3v) is 6.14. The van der Waals surface area contributed by atoms with Gasteiger partial charge in [0.25, 0.3) is 11.9 Å². The minimum atomic E-state index is -1.53. The monoisotopic (exact) mass is 598 g/mol. The largest absolute Gasteiger partial charge is 0.551 e. The van der Waals surface area contributed by atoms with Crippen molar-refractivity contribution < 1.29 is 43.5 Å². The number of hydrogen-bond acceptors (Lipinski definition) is 9. The Morgan fingerprint density at radius 2 is 1.63 bits per heavy atom. The normalized spacial score (nSPS) is 12.9. The van der Waals surface area contributed by atoms with E-state index >= 15 is 0 Å². The molecule has 3 amide bonds. The van der Waals surface area contributed by atoms with Gasteiger partial charge in [-0.1, -0.05) is 50.2 Å². The van der Waals surface area contributed by atoms with Crippen LogP contribution in [0.4, 0.5) is 0 Å². The van der Waals surface area contributed by atoms with Crippen molar-refractivity contribution in [2.75, 3.05) is 20.7 Å². The van der Waals surface area contributed by atoms with Gasteiger partial charge in [-0.05, 0) is 31.4 Å². The van der Waals surface area contributed by atoms with E-state index in [1.807, 2.05) is 44.2 Å². The smallest absolute Gasteiger partial charge is 0.508 e. The summed E-state index contributed by atoms with van der Waals surface area (Å²) >= 11 is 0. The molecule has 0 bridgehead atoms. The van der Waals surface area contributed by atoms with Gasteiger partial charge in [0.15, 0.2) is 0 Å². The molecule has 2 aromatic rings. The fourth-order valence-electron chi connectivity index (χ4n) is 3.98. The van der Waals surface area contributed by atoms with Crippen LogP contribution in [-0.2, 0) is 28.5 Å². The third kappa shape index (κ3) is 11.8. The van der Waals surface area contributed by atoms with Gasteiger partial charge in [-0.15, -0.1) is 0 Å².